The van der Waals surface area contributed by atoms with Crippen molar-refractivity contribution in [1.82, 2.24) is 10.6 Å². The Hall–Kier alpha value is -1.55. The Balaban J connectivity index is 2.21. The molecule has 0 saturated carbocycles. The van der Waals surface area contributed by atoms with Crippen molar-refractivity contribution in [2.45, 2.75) is 46.1 Å². The van der Waals surface area contributed by atoms with E-state index in [1.165, 1.54) is 16.7 Å². The van der Waals surface area contributed by atoms with E-state index in [1.807, 2.05) is 6.92 Å². The number of nitrogens with one attached hydrogen (secondary N) is 2. The molecule has 0 heterocycles. The van der Waals surface area contributed by atoms with E-state index in [0.29, 0.717) is 19.5 Å². The molecular weight excluding hydrogens is 252 g/mol. The van der Waals surface area contributed by atoms with E-state index in [2.05, 4.69) is 42.7 Å². The largest absolute Gasteiger partial charge is 0.393 e. The third-order valence-electron chi connectivity index (χ3n) is 3.41. The Bertz CT molecular complexity index is 432. The molecule has 0 aromatic heterocycles. The summed E-state index contributed by atoms with van der Waals surface area (Å²) < 4.78 is 0. The molecule has 0 saturated heterocycles. The molecule has 0 fully saturated rings. The average Bonchev–Trinajstić information content (AvgIpc) is 2.41. The number of aliphatic hydroxyl groups excluding tert-OH is 1. The zero-order valence-corrected chi connectivity index (χ0v) is 12.7. The molecule has 0 spiro atoms. The van der Waals surface area contributed by atoms with Crippen LogP contribution in [0.4, 0.5) is 4.79 Å². The van der Waals surface area contributed by atoms with Gasteiger partial charge in [-0.1, -0.05) is 30.7 Å². The smallest absolute Gasteiger partial charge is 0.314 e. The summed E-state index contributed by atoms with van der Waals surface area (Å²) in [5.41, 5.74) is 3.78. The lowest BCUT2D eigenvalue weighted by Gasteiger charge is -2.11. The number of amides is 2. The van der Waals surface area contributed by atoms with Gasteiger partial charge < -0.3 is 15.7 Å². The number of carbonyl (C=O) groups is 1. The van der Waals surface area contributed by atoms with Crippen molar-refractivity contribution < 1.29 is 9.90 Å². The van der Waals surface area contributed by atoms with Crippen LogP contribution in [0, 0.1) is 13.8 Å². The molecule has 0 aliphatic rings. The average molecular weight is 278 g/mol. The van der Waals surface area contributed by atoms with E-state index in [-0.39, 0.29) is 12.1 Å². The van der Waals surface area contributed by atoms with Crippen LogP contribution >= 0.6 is 0 Å². The molecule has 1 atom stereocenters. The van der Waals surface area contributed by atoms with Crippen LogP contribution in [-0.2, 0) is 6.42 Å². The van der Waals surface area contributed by atoms with Gasteiger partial charge in [0.15, 0.2) is 0 Å². The van der Waals surface area contributed by atoms with E-state index in [0.717, 1.165) is 12.8 Å². The minimum Gasteiger partial charge on any atom is -0.393 e. The first kappa shape index (κ1) is 16.5. The third-order valence-corrected chi connectivity index (χ3v) is 3.41. The van der Waals surface area contributed by atoms with Crippen LogP contribution in [0.1, 0.15) is 36.5 Å². The van der Waals surface area contributed by atoms with Gasteiger partial charge in [-0.2, -0.15) is 0 Å². The van der Waals surface area contributed by atoms with Crippen molar-refractivity contribution in [3.8, 4) is 0 Å². The normalized spacial score (nSPS) is 12.0. The van der Waals surface area contributed by atoms with Crippen LogP contribution in [0.15, 0.2) is 18.2 Å². The zero-order valence-electron chi connectivity index (χ0n) is 12.7. The Morgan fingerprint density at radius 1 is 1.25 bits per heavy atom. The van der Waals surface area contributed by atoms with Crippen LogP contribution in [0.2, 0.25) is 0 Å². The van der Waals surface area contributed by atoms with Crippen LogP contribution < -0.4 is 10.6 Å². The molecule has 20 heavy (non-hydrogen) atoms. The third kappa shape index (κ3) is 6.06. The molecule has 4 heteroatoms. The lowest BCUT2D eigenvalue weighted by atomic mass is 10.0. The van der Waals surface area contributed by atoms with Gasteiger partial charge in [-0.15, -0.1) is 0 Å². The molecular formula is C16H26N2O2. The molecule has 0 aliphatic heterocycles. The fraction of sp³-hybridized carbons (Fsp3) is 0.562. The molecule has 4 nitrogen and oxygen atoms in total. The summed E-state index contributed by atoms with van der Waals surface area (Å²) >= 11 is 0. The van der Waals surface area contributed by atoms with Gasteiger partial charge in [0, 0.05) is 13.1 Å². The van der Waals surface area contributed by atoms with Crippen LogP contribution in [0.25, 0.3) is 0 Å². The van der Waals surface area contributed by atoms with Crippen LogP contribution in [0.3, 0.4) is 0 Å². The monoisotopic (exact) mass is 278 g/mol. The van der Waals surface area contributed by atoms with Crippen molar-refractivity contribution in [3.63, 3.8) is 0 Å². The Morgan fingerprint density at radius 2 is 1.95 bits per heavy atom. The van der Waals surface area contributed by atoms with Gasteiger partial charge in [0.1, 0.15) is 0 Å². The maximum Gasteiger partial charge on any atom is 0.314 e. The maximum absolute atomic E-state index is 11.5. The highest BCUT2D eigenvalue weighted by atomic mass is 16.3. The Morgan fingerprint density at radius 3 is 2.60 bits per heavy atom. The fourth-order valence-electron chi connectivity index (χ4n) is 2.06. The highest BCUT2D eigenvalue weighted by Gasteiger charge is 2.04. The van der Waals surface area contributed by atoms with Gasteiger partial charge in [0.2, 0.25) is 0 Å². The lowest BCUT2D eigenvalue weighted by molar-refractivity contribution is 0.160. The summed E-state index contributed by atoms with van der Waals surface area (Å²) in [6.07, 6.45) is 1.82. The van der Waals surface area contributed by atoms with Crippen molar-refractivity contribution in [3.05, 3.63) is 34.9 Å². The topological polar surface area (TPSA) is 61.4 Å². The summed E-state index contributed by atoms with van der Waals surface area (Å²) in [6, 6.07) is 6.19. The Labute approximate surface area is 121 Å². The number of carbonyl (C=O) groups excluding carboxylic acids is 1. The minimum absolute atomic E-state index is 0.168. The summed E-state index contributed by atoms with van der Waals surface area (Å²) in [4.78, 5) is 11.5. The predicted octanol–water partition coefficient (Wildman–Crippen LogP) is 2.31. The van der Waals surface area contributed by atoms with Crippen molar-refractivity contribution in [2.75, 3.05) is 13.1 Å². The van der Waals surface area contributed by atoms with Crippen LogP contribution in [0.5, 0.6) is 0 Å². The maximum atomic E-state index is 11.5. The van der Waals surface area contributed by atoms with Gasteiger partial charge in [0.05, 0.1) is 6.10 Å². The van der Waals surface area contributed by atoms with E-state index in [4.69, 9.17) is 0 Å². The zero-order chi connectivity index (χ0) is 15.0. The first-order valence-corrected chi connectivity index (χ1v) is 7.28. The van der Waals surface area contributed by atoms with Gasteiger partial charge in [-0.25, -0.2) is 4.79 Å². The molecule has 112 valence electrons. The molecule has 1 aromatic rings. The molecule has 2 amide bonds. The van der Waals surface area contributed by atoms with E-state index < -0.39 is 0 Å². The lowest BCUT2D eigenvalue weighted by Crippen LogP contribution is -2.37. The number of urea groups is 1. The number of hydrogen-bond donors (Lipinski definition) is 3. The van der Waals surface area contributed by atoms with Gasteiger partial charge in [-0.3, -0.25) is 0 Å². The number of aliphatic hydroxyl groups is 1. The van der Waals surface area contributed by atoms with Gasteiger partial charge >= 0.3 is 6.03 Å². The molecule has 3 N–H and O–H groups in total. The second kappa shape index (κ2) is 8.59. The highest BCUT2D eigenvalue weighted by molar-refractivity contribution is 5.73. The summed E-state index contributed by atoms with van der Waals surface area (Å²) in [5.74, 6) is 0. The molecule has 1 aromatic carbocycles. The number of hydrogen-bond acceptors (Lipinski definition) is 2. The number of benzene rings is 1. The second-order valence-corrected chi connectivity index (χ2v) is 5.21. The van der Waals surface area contributed by atoms with Gasteiger partial charge in [-0.05, 0) is 44.2 Å². The van der Waals surface area contributed by atoms with Crippen molar-refractivity contribution in [1.29, 1.82) is 0 Å². The quantitative estimate of drug-likeness (QED) is 0.716. The van der Waals surface area contributed by atoms with Crippen molar-refractivity contribution in [2.24, 2.45) is 0 Å². The molecule has 0 bridgehead atoms. The van der Waals surface area contributed by atoms with Crippen molar-refractivity contribution >= 4 is 6.03 Å². The van der Waals surface area contributed by atoms with Crippen LogP contribution in [-0.4, -0.2) is 30.3 Å². The molecule has 1 unspecified atom stereocenters. The van der Waals surface area contributed by atoms with E-state index >= 15 is 0 Å². The fourth-order valence-corrected chi connectivity index (χ4v) is 2.06. The first-order chi connectivity index (χ1) is 9.52. The minimum atomic E-state index is -0.328. The first-order valence-electron chi connectivity index (χ1n) is 7.28. The summed E-state index contributed by atoms with van der Waals surface area (Å²) in [6.45, 7) is 7.22. The molecule has 0 radical (unpaired) electrons. The van der Waals surface area contributed by atoms with E-state index in [1.54, 1.807) is 0 Å². The summed E-state index contributed by atoms with van der Waals surface area (Å²) in [7, 11) is 0. The standard InChI is InChI=1S/C16H26N2O2/c1-4-15(19)8-10-18-16(20)17-9-7-14-6-5-12(2)11-13(14)3/h5-6,11,15,19H,4,7-10H2,1-3H3,(H2,17,18,20). The van der Waals surface area contributed by atoms with E-state index in [9.17, 15) is 9.90 Å². The number of aryl methyl sites for hydroxylation is 2. The highest BCUT2D eigenvalue weighted by Crippen LogP contribution is 2.10. The Kier molecular flexibility index (Phi) is 7.09. The van der Waals surface area contributed by atoms with Gasteiger partial charge in [0.25, 0.3) is 0 Å². The second-order valence-electron chi connectivity index (χ2n) is 5.21. The SMILES string of the molecule is CCC(O)CCNC(=O)NCCc1ccc(C)cc1C. The number of rotatable bonds is 7. The predicted molar refractivity (Wildman–Crippen MR) is 81.9 cm³/mol. The molecule has 1 rings (SSSR count). The molecule has 0 aliphatic carbocycles. The summed E-state index contributed by atoms with van der Waals surface area (Å²) in [5, 5.41) is 15.0.